The lowest BCUT2D eigenvalue weighted by atomic mass is 10.0. The number of nitrogens with one attached hydrogen (secondary N) is 2. The summed E-state index contributed by atoms with van der Waals surface area (Å²) >= 11 is 0. The van der Waals surface area contributed by atoms with Crippen LogP contribution in [0.15, 0.2) is 12.7 Å². The molecule has 37 N–H and O–H groups in total. The Hall–Kier alpha value is -1.91. The Labute approximate surface area is 780 Å². The Morgan fingerprint density at radius 3 is 0.712 bits per heavy atom. The van der Waals surface area contributed by atoms with Crippen molar-refractivity contribution in [3.63, 3.8) is 0 Å². The summed E-state index contributed by atoms with van der Waals surface area (Å²) in [6.45, 7) is 73.3. The van der Waals surface area contributed by atoms with E-state index in [-0.39, 0.29) is 94.1 Å². The number of hydrogen-bond donors (Lipinski definition) is 27. The highest BCUT2D eigenvalue weighted by Crippen LogP contribution is 2.08. The second-order valence-electron chi connectivity index (χ2n) is 29.9. The molecule has 0 bridgehead atoms. The molecule has 0 amide bonds. The fourth-order valence-corrected chi connectivity index (χ4v) is 4.39. The number of aliphatic hydroxyl groups is 15. The third-order valence-electron chi connectivity index (χ3n) is 13.0. The van der Waals surface area contributed by atoms with Gasteiger partial charge in [0, 0.05) is 97.1 Å². The number of hydrogen-bond acceptors (Lipinski definition) is 29. The van der Waals surface area contributed by atoms with E-state index in [0.29, 0.717) is 64.3 Å². The predicted octanol–water partition coefficient (Wildman–Crippen LogP) is 12.2. The first-order chi connectivity index (χ1) is 58.7. The molecule has 0 rings (SSSR count). The highest BCUT2D eigenvalue weighted by molar-refractivity contribution is 5.73. The molecule has 0 unspecified atom stereocenters. The maximum atomic E-state index is 8.73. The molecule has 0 saturated carbocycles. The van der Waals surface area contributed by atoms with Crippen molar-refractivity contribution in [2.75, 3.05) is 153 Å². The molecule has 0 aliphatic heterocycles. The highest BCUT2D eigenvalue weighted by atomic mass is 16.5. The Morgan fingerprint density at radius 2 is 0.680 bits per heavy atom. The summed E-state index contributed by atoms with van der Waals surface area (Å²) in [5.41, 5.74) is 51.6. The monoisotopic (exact) mass is 1840 g/mol. The minimum atomic E-state index is -0.509. The molecule has 0 spiro atoms. The van der Waals surface area contributed by atoms with Crippen molar-refractivity contribution < 1.29 is 86.1 Å². The van der Waals surface area contributed by atoms with Crippen molar-refractivity contribution >= 4 is 5.84 Å². The van der Waals surface area contributed by atoms with Crippen molar-refractivity contribution in [3.05, 3.63) is 12.7 Å². The van der Waals surface area contributed by atoms with Gasteiger partial charge in [0.2, 0.25) is 0 Å². The van der Waals surface area contributed by atoms with E-state index in [0.717, 1.165) is 174 Å². The molecule has 0 aliphatic carbocycles. The summed E-state index contributed by atoms with van der Waals surface area (Å²) in [5.74, 6) is 1.05. The van der Waals surface area contributed by atoms with Crippen molar-refractivity contribution in [1.82, 2.24) is 10.2 Å². The van der Waals surface area contributed by atoms with Crippen LogP contribution in [0.4, 0.5) is 0 Å². The van der Waals surface area contributed by atoms with Gasteiger partial charge in [-0.1, -0.05) is 251 Å². The summed E-state index contributed by atoms with van der Waals surface area (Å²) < 4.78 is 9.67. The number of allylic oxidation sites excluding steroid dienone is 1. The fraction of sp³-hybridized carbons (Fsp3) is 0.968. The lowest BCUT2D eigenvalue weighted by Gasteiger charge is -2.05. The van der Waals surface area contributed by atoms with Crippen LogP contribution in [0.2, 0.25) is 0 Å². The van der Waals surface area contributed by atoms with E-state index in [1.807, 2.05) is 96.2 Å². The standard InChI is InChI=1S/4C5H13NO.C5H13N.2C5H12O.2C5H12.4C4H11NO.C4H11N.2C4H10O2.2C4H10O.C4H8.C3H9N.C3H8O.C2H6N2.C2H6/c2*1-2-3-5(6)4-7;2*1-2-3-5(7)4-6;1-4-5-6(2)3;1-3-5-6-4-2;1-2-3-4-5-6;1-5(2,3)4;1-4-5(2)3;2*1-2-4(5)3-6;2*1-2-4(6)3-5;1-3-4-5-2;2*1-2-4(6)3-5;1-3-4-5-2;1-2-3-4-5;1-3-4-2;2*1-2-3-4;1-2(3)4;1-2/h4*5,7H,2-4,6H2,1H3;4-5H2,1-3H3;3-5H2,1-2H3;6H,2-5H2,1H3;1-4H3;5H,4H2,1-3H3;4*4,6H,2-3,5H2,1H3;5H,3-4H2,1-2H3;2*4-6H,2-3H2,1H3;3-4H2,1-2H3;5H,2-4H2,1H3;3H,1,4H2,2H3;2-4H2,1H3;4H,2-3H2,1H3;1H3,(H3,3,4);1-2H3/t4*5-;;;;;;4*4-;;2*4-;;;;;;;/m1010.....1010.10......./s1. The van der Waals surface area contributed by atoms with Gasteiger partial charge in [0.25, 0.3) is 0 Å². The van der Waals surface area contributed by atoms with Crippen LogP contribution in [0.5, 0.6) is 0 Å². The maximum absolute atomic E-state index is 8.73. The average molecular weight is 1840 g/mol. The second kappa shape index (κ2) is 207. The number of amidine groups is 1. The number of ether oxygens (including phenoxy) is 2. The van der Waals surface area contributed by atoms with Crippen molar-refractivity contribution in [3.8, 4) is 0 Å². The summed E-state index contributed by atoms with van der Waals surface area (Å²) in [7, 11) is 7.85. The quantitative estimate of drug-likeness (QED) is 0.0117. The van der Waals surface area contributed by atoms with Crippen LogP contribution in [0, 0.1) is 16.7 Å². The number of methoxy groups -OCH3 is 1. The third-order valence-corrected chi connectivity index (χ3v) is 13.0. The smallest absolute Gasteiger partial charge is 0.0873 e. The maximum Gasteiger partial charge on any atom is 0.0873 e. The van der Waals surface area contributed by atoms with Crippen molar-refractivity contribution in [1.29, 1.82) is 5.41 Å². The summed E-state index contributed by atoms with van der Waals surface area (Å²) in [5, 5.41) is 134. The zero-order chi connectivity index (χ0) is 104. The molecule has 30 heteroatoms. The van der Waals surface area contributed by atoms with Gasteiger partial charge in [-0.15, -0.1) is 6.58 Å². The molecule has 792 valence electrons. The van der Waals surface area contributed by atoms with E-state index in [1.165, 1.54) is 39.2 Å². The van der Waals surface area contributed by atoms with Gasteiger partial charge in [0.15, 0.2) is 0 Å². The van der Waals surface area contributed by atoms with Crippen LogP contribution in [0.1, 0.15) is 381 Å². The van der Waals surface area contributed by atoms with Gasteiger partial charge in [-0.3, -0.25) is 5.41 Å². The highest BCUT2D eigenvalue weighted by Gasteiger charge is 1.99. The Balaban J connectivity index is -0.0000000416. The largest absolute Gasteiger partial charge is 0.396 e. The van der Waals surface area contributed by atoms with Crippen LogP contribution >= 0.6 is 0 Å². The van der Waals surface area contributed by atoms with E-state index in [4.69, 9.17) is 149 Å². The van der Waals surface area contributed by atoms with E-state index in [1.54, 1.807) is 7.11 Å². The lowest BCUT2D eigenvalue weighted by Crippen LogP contribution is -2.23. The molecule has 30 nitrogen and oxygen atoms in total. The van der Waals surface area contributed by atoms with Gasteiger partial charge in [-0.25, -0.2) is 0 Å². The molecule has 0 aromatic rings. The first-order valence-corrected chi connectivity index (χ1v) is 48.0. The number of unbranched alkanes of at least 4 members (excludes halogenated alkanes) is 3. The topological polar surface area (TPSA) is 621 Å². The van der Waals surface area contributed by atoms with Crippen LogP contribution < -0.4 is 62.7 Å². The zero-order valence-corrected chi connectivity index (χ0v) is 89.9. The van der Waals surface area contributed by atoms with Crippen LogP contribution in [-0.2, 0) is 9.47 Å². The molecule has 0 saturated heterocycles. The van der Waals surface area contributed by atoms with Gasteiger partial charge in [0.05, 0.1) is 82.1 Å². The van der Waals surface area contributed by atoms with E-state index < -0.39 is 12.2 Å². The SMILES string of the molecule is C=CCC.CC.CC(=N)N.CC(C)(C)C.CCC(C)C.CCCCCO.CCCCO.CCCN.CCCN(C)C.CCCNC.CCCO.CCCOC.CCCOCC.CCC[C@@H](N)CO.CCC[C@@H](O)CN.CCC[C@H](N)CO.CCC[C@H](O)CN.CC[C@@H](N)CO.CC[C@@H](O)CN.CC[C@@H](O)CO.CC[C@H](N)CO.CC[C@H](O)CN.CC[C@H](O)CO. The first-order valence-electron chi connectivity index (χ1n) is 48.0. The molecular weight excluding hydrogens is 1600 g/mol. The number of aliphatic hydroxyl groups excluding tert-OH is 15. The van der Waals surface area contributed by atoms with Crippen LogP contribution in [0.3, 0.4) is 0 Å². The van der Waals surface area contributed by atoms with Crippen molar-refractivity contribution in [2.24, 2.45) is 68.7 Å². The third kappa shape index (κ3) is 457. The summed E-state index contributed by atoms with van der Waals surface area (Å²) in [6, 6.07) is -0.00926. The Kier molecular flexibility index (Phi) is 303. The fourth-order valence-electron chi connectivity index (χ4n) is 4.39. The van der Waals surface area contributed by atoms with Crippen LogP contribution in [0.25, 0.3) is 0 Å². The van der Waals surface area contributed by atoms with Gasteiger partial charge < -0.3 is 154 Å². The van der Waals surface area contributed by atoms with Gasteiger partial charge in [-0.05, 0) is 188 Å². The van der Waals surface area contributed by atoms with Gasteiger partial charge in [0.1, 0.15) is 0 Å². The molecule has 0 aliphatic rings. The zero-order valence-electron chi connectivity index (χ0n) is 89.9. The number of nitrogens with two attached hydrogens (primary N) is 10. The lowest BCUT2D eigenvalue weighted by molar-refractivity contribution is 0.0923. The molecule has 0 heterocycles. The molecule has 0 radical (unpaired) electrons. The number of nitrogens with zero attached hydrogens (tertiary/aromatic N) is 1. The second-order valence-corrected chi connectivity index (χ2v) is 29.9. The molecule has 0 aromatic carbocycles. The molecule has 10 atom stereocenters. The van der Waals surface area contributed by atoms with E-state index in [9.17, 15) is 0 Å². The summed E-state index contributed by atoms with van der Waals surface area (Å²) in [6.07, 6.45) is 26.4. The average Bonchev–Trinajstić information content (AvgIpc) is 1.05. The Bertz CT molecular complexity index is 1230. The van der Waals surface area contributed by atoms with E-state index >= 15 is 0 Å². The molecule has 0 fully saturated rings. The number of rotatable bonds is 42. The molecular formula is C95H245N13O17. The summed E-state index contributed by atoms with van der Waals surface area (Å²) in [4.78, 5) is 2.18. The van der Waals surface area contributed by atoms with Gasteiger partial charge in [-0.2, -0.15) is 0 Å². The minimum absolute atomic E-state index is 0.00463. The Morgan fingerprint density at radius 1 is 0.408 bits per heavy atom. The molecule has 0 aromatic heterocycles. The predicted molar refractivity (Wildman–Crippen MR) is 555 cm³/mol. The minimum Gasteiger partial charge on any atom is -0.396 e. The van der Waals surface area contributed by atoms with Crippen LogP contribution in [-0.4, -0.2) is 301 Å². The molecule has 125 heavy (non-hydrogen) atoms. The normalized spacial score (nSPS) is 11.5. The van der Waals surface area contributed by atoms with Crippen molar-refractivity contribution in [2.45, 2.75) is 442 Å². The first kappa shape index (κ1) is 183. The van der Waals surface area contributed by atoms with E-state index in [2.05, 4.69) is 149 Å². The van der Waals surface area contributed by atoms with Gasteiger partial charge >= 0.3 is 0 Å².